The molecule has 2 aromatic rings. The van der Waals surface area contributed by atoms with E-state index in [1.807, 2.05) is 25.1 Å². The first-order chi connectivity index (χ1) is 9.81. The van der Waals surface area contributed by atoms with Crippen molar-refractivity contribution in [1.29, 1.82) is 0 Å². The number of benzene rings is 1. The predicted molar refractivity (Wildman–Crippen MR) is 74.9 cm³/mol. The third-order valence-corrected chi connectivity index (χ3v) is 4.13. The summed E-state index contributed by atoms with van der Waals surface area (Å²) < 4.78 is 12.9. The van der Waals surface area contributed by atoms with Gasteiger partial charge in [-0.25, -0.2) is 0 Å². The zero-order valence-corrected chi connectivity index (χ0v) is 11.7. The fraction of sp³-hybridized carbons (Fsp3) is 0.308. The van der Waals surface area contributed by atoms with Gasteiger partial charge in [-0.2, -0.15) is 9.78 Å². The van der Waals surface area contributed by atoms with Gasteiger partial charge in [-0.3, -0.25) is 0 Å². The molecule has 0 saturated carbocycles. The third-order valence-electron chi connectivity index (χ3n) is 3.20. The van der Waals surface area contributed by atoms with Gasteiger partial charge in [-0.05, 0) is 25.1 Å². The number of aryl methyl sites for hydroxylation is 1. The Hall–Kier alpha value is -2.02. The van der Waals surface area contributed by atoms with Crippen molar-refractivity contribution >= 4 is 17.5 Å². The topological polar surface area (TPSA) is 61.5 Å². The smallest absolute Gasteiger partial charge is 0.212 e. The minimum absolute atomic E-state index is 0.590. The number of hydrogen-bond acceptors (Lipinski definition) is 6. The SMILES string of the molecule is Cc1nnc2n1N=C(c1ccc3c(c1)OCCO3)CS2. The first-order valence-corrected chi connectivity index (χ1v) is 7.32. The van der Waals surface area contributed by atoms with Gasteiger partial charge in [0.25, 0.3) is 0 Å². The number of rotatable bonds is 1. The van der Waals surface area contributed by atoms with Crippen molar-refractivity contribution in [2.75, 3.05) is 19.0 Å². The second-order valence-corrected chi connectivity index (χ2v) is 5.48. The fourth-order valence-corrected chi connectivity index (χ4v) is 3.07. The van der Waals surface area contributed by atoms with Gasteiger partial charge < -0.3 is 9.47 Å². The van der Waals surface area contributed by atoms with Crippen molar-refractivity contribution in [3.63, 3.8) is 0 Å². The highest BCUT2D eigenvalue weighted by Gasteiger charge is 2.20. The van der Waals surface area contributed by atoms with E-state index in [0.717, 1.165) is 39.5 Å². The van der Waals surface area contributed by atoms with Gasteiger partial charge in [-0.15, -0.1) is 10.2 Å². The quantitative estimate of drug-likeness (QED) is 0.799. The lowest BCUT2D eigenvalue weighted by atomic mass is 10.1. The van der Waals surface area contributed by atoms with E-state index in [0.29, 0.717) is 13.2 Å². The van der Waals surface area contributed by atoms with Gasteiger partial charge in [0.1, 0.15) is 13.2 Å². The van der Waals surface area contributed by atoms with Crippen LogP contribution in [0.2, 0.25) is 0 Å². The molecule has 4 rings (SSSR count). The highest BCUT2D eigenvalue weighted by Crippen LogP contribution is 2.32. The number of fused-ring (bicyclic) bond motifs is 2. The maximum atomic E-state index is 5.61. The van der Waals surface area contributed by atoms with Crippen LogP contribution < -0.4 is 9.47 Å². The molecule has 0 atom stereocenters. The van der Waals surface area contributed by atoms with E-state index < -0.39 is 0 Å². The molecule has 0 saturated heterocycles. The highest BCUT2D eigenvalue weighted by atomic mass is 32.2. The molecule has 0 spiro atoms. The minimum Gasteiger partial charge on any atom is -0.486 e. The van der Waals surface area contributed by atoms with E-state index >= 15 is 0 Å². The molecule has 102 valence electrons. The maximum absolute atomic E-state index is 5.61. The van der Waals surface area contributed by atoms with E-state index in [4.69, 9.17) is 9.47 Å². The van der Waals surface area contributed by atoms with Crippen LogP contribution in [-0.2, 0) is 0 Å². The van der Waals surface area contributed by atoms with Crippen molar-refractivity contribution in [2.45, 2.75) is 12.1 Å². The Balaban J connectivity index is 1.75. The van der Waals surface area contributed by atoms with Crippen LogP contribution >= 0.6 is 11.8 Å². The van der Waals surface area contributed by atoms with Gasteiger partial charge in [0.05, 0.1) is 5.71 Å². The molecule has 3 heterocycles. The zero-order valence-electron chi connectivity index (χ0n) is 10.9. The van der Waals surface area contributed by atoms with Gasteiger partial charge in [0, 0.05) is 11.3 Å². The fourth-order valence-electron chi connectivity index (χ4n) is 2.19. The summed E-state index contributed by atoms with van der Waals surface area (Å²) >= 11 is 1.64. The highest BCUT2D eigenvalue weighted by molar-refractivity contribution is 7.99. The molecule has 1 aromatic carbocycles. The first-order valence-electron chi connectivity index (χ1n) is 6.34. The number of nitrogens with zero attached hydrogens (tertiary/aromatic N) is 4. The van der Waals surface area contributed by atoms with Crippen molar-refractivity contribution in [2.24, 2.45) is 5.10 Å². The number of thioether (sulfide) groups is 1. The number of ether oxygens (including phenoxy) is 2. The minimum atomic E-state index is 0.590. The Morgan fingerprint density at radius 3 is 2.90 bits per heavy atom. The Morgan fingerprint density at radius 1 is 1.15 bits per heavy atom. The van der Waals surface area contributed by atoms with E-state index in [9.17, 15) is 0 Å². The maximum Gasteiger partial charge on any atom is 0.212 e. The second-order valence-electron chi connectivity index (χ2n) is 4.54. The molecule has 0 fully saturated rings. The largest absolute Gasteiger partial charge is 0.486 e. The molecule has 0 aliphatic carbocycles. The lowest BCUT2D eigenvalue weighted by Gasteiger charge is -2.20. The Morgan fingerprint density at radius 2 is 2.00 bits per heavy atom. The zero-order chi connectivity index (χ0) is 13.5. The molecule has 2 aliphatic heterocycles. The lowest BCUT2D eigenvalue weighted by Crippen LogP contribution is -2.17. The third kappa shape index (κ3) is 1.85. The molecule has 20 heavy (non-hydrogen) atoms. The summed E-state index contributed by atoms with van der Waals surface area (Å²) in [6.45, 7) is 3.09. The van der Waals surface area contributed by atoms with E-state index in [1.165, 1.54) is 0 Å². The van der Waals surface area contributed by atoms with Crippen molar-refractivity contribution in [3.8, 4) is 11.5 Å². The van der Waals surface area contributed by atoms with Crippen LogP contribution in [0.1, 0.15) is 11.4 Å². The normalized spacial score (nSPS) is 16.6. The van der Waals surface area contributed by atoms with Crippen LogP contribution in [0.4, 0.5) is 0 Å². The van der Waals surface area contributed by atoms with E-state index in [2.05, 4.69) is 15.3 Å². The molecule has 0 bridgehead atoms. The summed E-state index contributed by atoms with van der Waals surface area (Å²) in [4.78, 5) is 0. The van der Waals surface area contributed by atoms with Crippen LogP contribution in [0.15, 0.2) is 28.5 Å². The van der Waals surface area contributed by atoms with Crippen LogP contribution in [0.25, 0.3) is 0 Å². The Kier molecular flexibility index (Phi) is 2.66. The van der Waals surface area contributed by atoms with Crippen molar-refractivity contribution < 1.29 is 9.47 Å². The average Bonchev–Trinajstić information content (AvgIpc) is 2.88. The molecule has 0 radical (unpaired) electrons. The summed E-state index contributed by atoms with van der Waals surface area (Å²) in [5.74, 6) is 3.15. The van der Waals surface area contributed by atoms with Gasteiger partial charge in [0.2, 0.25) is 5.16 Å². The molecule has 0 amide bonds. The monoisotopic (exact) mass is 288 g/mol. The lowest BCUT2D eigenvalue weighted by molar-refractivity contribution is 0.171. The molecule has 0 unspecified atom stereocenters. The van der Waals surface area contributed by atoms with Gasteiger partial charge in [-0.1, -0.05) is 11.8 Å². The molecular weight excluding hydrogens is 276 g/mol. The molecule has 6 nitrogen and oxygen atoms in total. The van der Waals surface area contributed by atoms with E-state index in [1.54, 1.807) is 16.4 Å². The summed E-state index contributed by atoms with van der Waals surface area (Å²) in [6.07, 6.45) is 0. The van der Waals surface area contributed by atoms with Gasteiger partial charge >= 0.3 is 0 Å². The molecule has 7 heteroatoms. The standard InChI is InChI=1S/C13H12N4O2S/c1-8-14-15-13-17(8)16-10(7-20-13)9-2-3-11-12(6-9)19-5-4-18-11/h2-3,6H,4-5,7H2,1H3. The molecule has 1 aromatic heterocycles. The predicted octanol–water partition coefficient (Wildman–Crippen LogP) is 1.72. The Bertz CT molecular complexity index is 710. The van der Waals surface area contributed by atoms with Crippen LogP contribution in [0, 0.1) is 6.92 Å². The average molecular weight is 288 g/mol. The Labute approximate surface area is 119 Å². The number of hydrogen-bond donors (Lipinski definition) is 0. The van der Waals surface area contributed by atoms with Crippen LogP contribution in [0.3, 0.4) is 0 Å². The van der Waals surface area contributed by atoms with Crippen LogP contribution in [-0.4, -0.2) is 39.6 Å². The summed E-state index contributed by atoms with van der Waals surface area (Å²) in [5.41, 5.74) is 2.03. The van der Waals surface area contributed by atoms with Crippen molar-refractivity contribution in [1.82, 2.24) is 14.9 Å². The number of aromatic nitrogens is 3. The molecule has 0 N–H and O–H groups in total. The molecular formula is C13H12N4O2S. The van der Waals surface area contributed by atoms with E-state index in [-0.39, 0.29) is 0 Å². The second kappa shape index (κ2) is 4.52. The van der Waals surface area contributed by atoms with Crippen molar-refractivity contribution in [3.05, 3.63) is 29.6 Å². The molecule has 2 aliphatic rings. The summed E-state index contributed by atoms with van der Waals surface area (Å²) in [7, 11) is 0. The summed E-state index contributed by atoms with van der Waals surface area (Å²) in [5, 5.41) is 13.6. The van der Waals surface area contributed by atoms with Gasteiger partial charge in [0.15, 0.2) is 17.3 Å². The summed E-state index contributed by atoms with van der Waals surface area (Å²) in [6, 6.07) is 5.93. The van der Waals surface area contributed by atoms with Crippen LogP contribution in [0.5, 0.6) is 11.5 Å². The first kappa shape index (κ1) is 11.8.